The molecule has 0 saturated carbocycles. The molecule has 9 heteroatoms. The number of morpholine rings is 1. The van der Waals surface area contributed by atoms with E-state index in [9.17, 15) is 13.2 Å². The Morgan fingerprint density at radius 2 is 1.93 bits per heavy atom. The molecule has 0 aliphatic carbocycles. The highest BCUT2D eigenvalue weighted by atomic mass is 32.2. The molecule has 1 saturated heterocycles. The Bertz CT molecular complexity index is 1100. The lowest BCUT2D eigenvalue weighted by Crippen LogP contribution is -2.40. The smallest absolute Gasteiger partial charge is 0.251 e. The van der Waals surface area contributed by atoms with E-state index >= 15 is 0 Å². The number of fused-ring (bicyclic) bond motifs is 1. The lowest BCUT2D eigenvalue weighted by molar-refractivity contribution is 0.0730. The van der Waals surface area contributed by atoms with E-state index in [1.807, 2.05) is 31.2 Å². The maximum Gasteiger partial charge on any atom is 0.251 e. The zero-order valence-corrected chi connectivity index (χ0v) is 16.8. The first-order valence-electron chi connectivity index (χ1n) is 9.38. The van der Waals surface area contributed by atoms with Gasteiger partial charge in [0.1, 0.15) is 5.82 Å². The molecule has 8 nitrogen and oxygen atoms in total. The number of rotatable bonds is 5. The number of nitrogens with one attached hydrogen (secondary N) is 2. The standard InChI is InChI=1S/C20H22N4O4S/c1-14(19-22-17-7-2-3-8-18(17)23-19)21-20(25)15-5-4-6-16(13-15)29(26,27)24-9-11-28-12-10-24/h2-8,13-14H,9-12H2,1H3,(H,21,25)(H,22,23). The number of aromatic nitrogens is 2. The predicted octanol–water partition coefficient (Wildman–Crippen LogP) is 2.07. The molecule has 1 aliphatic rings. The third-order valence-corrected chi connectivity index (χ3v) is 6.76. The summed E-state index contributed by atoms with van der Waals surface area (Å²) >= 11 is 0. The van der Waals surface area contributed by atoms with Gasteiger partial charge in [-0.25, -0.2) is 13.4 Å². The number of hydrogen-bond donors (Lipinski definition) is 2. The molecular weight excluding hydrogens is 392 g/mol. The van der Waals surface area contributed by atoms with Crippen molar-refractivity contribution in [3.63, 3.8) is 0 Å². The monoisotopic (exact) mass is 414 g/mol. The van der Waals surface area contributed by atoms with Gasteiger partial charge in [0, 0.05) is 18.7 Å². The van der Waals surface area contributed by atoms with E-state index in [1.165, 1.54) is 16.4 Å². The Kier molecular flexibility index (Phi) is 5.35. The Labute approximate surface area is 168 Å². The number of H-pyrrole nitrogens is 1. The summed E-state index contributed by atoms with van der Waals surface area (Å²) in [5.41, 5.74) is 1.99. The van der Waals surface area contributed by atoms with E-state index in [4.69, 9.17) is 4.74 Å². The van der Waals surface area contributed by atoms with Gasteiger partial charge in [0.25, 0.3) is 5.91 Å². The number of amides is 1. The summed E-state index contributed by atoms with van der Waals surface area (Å²) in [6.45, 7) is 3.18. The number of sulfonamides is 1. The average Bonchev–Trinajstić information content (AvgIpc) is 3.19. The lowest BCUT2D eigenvalue weighted by atomic mass is 10.2. The summed E-state index contributed by atoms with van der Waals surface area (Å²) < 4.78 is 32.3. The number of para-hydroxylation sites is 2. The van der Waals surface area contributed by atoms with Crippen molar-refractivity contribution in [1.82, 2.24) is 19.6 Å². The van der Waals surface area contributed by atoms with Gasteiger partial charge >= 0.3 is 0 Å². The van der Waals surface area contributed by atoms with Crippen molar-refractivity contribution in [3.05, 3.63) is 59.9 Å². The molecule has 1 atom stereocenters. The van der Waals surface area contributed by atoms with E-state index in [-0.39, 0.29) is 22.4 Å². The molecule has 0 spiro atoms. The van der Waals surface area contributed by atoms with E-state index in [1.54, 1.807) is 12.1 Å². The lowest BCUT2D eigenvalue weighted by Gasteiger charge is -2.26. The summed E-state index contributed by atoms with van der Waals surface area (Å²) in [7, 11) is -3.66. The molecule has 2 N–H and O–H groups in total. The highest BCUT2D eigenvalue weighted by molar-refractivity contribution is 7.89. The minimum atomic E-state index is -3.66. The zero-order valence-electron chi connectivity index (χ0n) is 16.0. The first-order chi connectivity index (χ1) is 13.9. The molecule has 2 aromatic carbocycles. The van der Waals surface area contributed by atoms with Crippen LogP contribution >= 0.6 is 0 Å². The topological polar surface area (TPSA) is 104 Å². The first-order valence-corrected chi connectivity index (χ1v) is 10.8. The third-order valence-electron chi connectivity index (χ3n) is 4.87. The minimum absolute atomic E-state index is 0.100. The van der Waals surface area contributed by atoms with Crippen molar-refractivity contribution in [2.75, 3.05) is 26.3 Å². The fourth-order valence-electron chi connectivity index (χ4n) is 3.26. The van der Waals surface area contributed by atoms with Crippen LogP contribution < -0.4 is 5.32 Å². The molecule has 4 rings (SSSR count). The molecule has 2 heterocycles. The van der Waals surface area contributed by atoms with E-state index in [0.717, 1.165) is 11.0 Å². The van der Waals surface area contributed by atoms with Crippen LogP contribution in [-0.2, 0) is 14.8 Å². The van der Waals surface area contributed by atoms with Crippen molar-refractivity contribution in [2.45, 2.75) is 17.9 Å². The van der Waals surface area contributed by atoms with Crippen LogP contribution in [0.1, 0.15) is 29.1 Å². The van der Waals surface area contributed by atoms with Crippen LogP contribution in [0.3, 0.4) is 0 Å². The number of ether oxygens (including phenoxy) is 1. The normalized spacial score (nSPS) is 16.6. The molecule has 1 amide bonds. The summed E-state index contributed by atoms with van der Waals surface area (Å²) in [5.74, 6) is 0.272. The number of imidazole rings is 1. The first kappa shape index (κ1) is 19.6. The Hall–Kier alpha value is -2.75. The molecule has 152 valence electrons. The van der Waals surface area contributed by atoms with Crippen LogP contribution in [0, 0.1) is 0 Å². The van der Waals surface area contributed by atoms with Crippen molar-refractivity contribution >= 4 is 27.0 Å². The molecule has 1 fully saturated rings. The van der Waals surface area contributed by atoms with Gasteiger partial charge in [-0.15, -0.1) is 0 Å². The highest BCUT2D eigenvalue weighted by Gasteiger charge is 2.27. The second-order valence-corrected chi connectivity index (χ2v) is 8.82. The van der Waals surface area contributed by atoms with E-state index in [0.29, 0.717) is 32.1 Å². The molecule has 0 radical (unpaired) electrons. The maximum atomic E-state index is 12.8. The fourth-order valence-corrected chi connectivity index (χ4v) is 4.71. The predicted molar refractivity (Wildman–Crippen MR) is 108 cm³/mol. The minimum Gasteiger partial charge on any atom is -0.379 e. The fraction of sp³-hybridized carbons (Fsp3) is 0.300. The van der Waals surface area contributed by atoms with Crippen LogP contribution in [0.4, 0.5) is 0 Å². The van der Waals surface area contributed by atoms with Crippen molar-refractivity contribution in [2.24, 2.45) is 0 Å². The van der Waals surface area contributed by atoms with Gasteiger partial charge in [0.05, 0.1) is 35.2 Å². The number of nitrogens with zero attached hydrogens (tertiary/aromatic N) is 2. The van der Waals surface area contributed by atoms with Gasteiger partial charge in [-0.2, -0.15) is 4.31 Å². The van der Waals surface area contributed by atoms with Gasteiger partial charge in [-0.1, -0.05) is 18.2 Å². The second-order valence-electron chi connectivity index (χ2n) is 6.88. The number of carbonyl (C=O) groups is 1. The third kappa shape index (κ3) is 4.02. The van der Waals surface area contributed by atoms with E-state index < -0.39 is 10.0 Å². The average molecular weight is 414 g/mol. The van der Waals surface area contributed by atoms with Crippen LogP contribution in [0.25, 0.3) is 11.0 Å². The molecule has 1 aromatic heterocycles. The zero-order chi connectivity index (χ0) is 20.4. The Morgan fingerprint density at radius 1 is 1.17 bits per heavy atom. The SMILES string of the molecule is CC(NC(=O)c1cccc(S(=O)(=O)N2CCOCC2)c1)c1nc2ccccc2[nH]1. The van der Waals surface area contributed by atoms with Gasteiger partial charge in [-0.05, 0) is 37.3 Å². The van der Waals surface area contributed by atoms with Crippen LogP contribution in [0.15, 0.2) is 53.4 Å². The number of hydrogen-bond acceptors (Lipinski definition) is 5. The second kappa shape index (κ2) is 7.94. The molecule has 29 heavy (non-hydrogen) atoms. The summed E-state index contributed by atoms with van der Waals surface area (Å²) in [6, 6.07) is 13.3. The molecule has 1 unspecified atom stereocenters. The summed E-state index contributed by atoms with van der Waals surface area (Å²) in [6.07, 6.45) is 0. The molecule has 3 aromatic rings. The quantitative estimate of drug-likeness (QED) is 0.665. The van der Waals surface area contributed by atoms with Crippen molar-refractivity contribution in [1.29, 1.82) is 0 Å². The van der Waals surface area contributed by atoms with Gasteiger partial charge < -0.3 is 15.0 Å². The van der Waals surface area contributed by atoms with Crippen molar-refractivity contribution in [3.8, 4) is 0 Å². The van der Waals surface area contributed by atoms with Gasteiger partial charge in [-0.3, -0.25) is 4.79 Å². The molecule has 0 bridgehead atoms. The van der Waals surface area contributed by atoms with Gasteiger partial charge in [0.15, 0.2) is 0 Å². The number of benzene rings is 2. The van der Waals surface area contributed by atoms with Gasteiger partial charge in [0.2, 0.25) is 10.0 Å². The maximum absolute atomic E-state index is 12.8. The Morgan fingerprint density at radius 3 is 2.69 bits per heavy atom. The molecular formula is C20H22N4O4S. The number of aromatic amines is 1. The highest BCUT2D eigenvalue weighted by Crippen LogP contribution is 2.20. The van der Waals surface area contributed by atoms with Crippen LogP contribution in [0.5, 0.6) is 0 Å². The molecule has 1 aliphatic heterocycles. The largest absolute Gasteiger partial charge is 0.379 e. The van der Waals surface area contributed by atoms with Crippen LogP contribution in [-0.4, -0.2) is 54.9 Å². The van der Waals surface area contributed by atoms with E-state index in [2.05, 4.69) is 15.3 Å². The Balaban J connectivity index is 1.52. The summed E-state index contributed by atoms with van der Waals surface area (Å²) in [4.78, 5) is 20.5. The number of carbonyl (C=O) groups excluding carboxylic acids is 1. The van der Waals surface area contributed by atoms with Crippen LogP contribution in [0.2, 0.25) is 0 Å². The van der Waals surface area contributed by atoms with Crippen molar-refractivity contribution < 1.29 is 17.9 Å². The summed E-state index contributed by atoms with van der Waals surface area (Å²) in [5, 5.41) is 2.87.